The van der Waals surface area contributed by atoms with E-state index in [0.717, 1.165) is 33.4 Å². The molecular formula is C17H22N4O2S. The van der Waals surface area contributed by atoms with Crippen LogP contribution in [0.4, 0.5) is 5.69 Å². The third kappa shape index (κ3) is 4.17. The Morgan fingerprint density at radius 3 is 2.96 bits per heavy atom. The maximum Gasteiger partial charge on any atom is 0.226 e. The number of morpholine rings is 1. The number of rotatable bonds is 5. The second-order valence-electron chi connectivity index (χ2n) is 5.84. The van der Waals surface area contributed by atoms with Crippen molar-refractivity contribution < 1.29 is 9.53 Å². The molecule has 0 aliphatic carbocycles. The summed E-state index contributed by atoms with van der Waals surface area (Å²) in [6, 6.07) is 7.91. The van der Waals surface area contributed by atoms with Gasteiger partial charge in [-0.1, -0.05) is 23.9 Å². The summed E-state index contributed by atoms with van der Waals surface area (Å²) in [4.78, 5) is 14.4. The summed E-state index contributed by atoms with van der Waals surface area (Å²) in [5.74, 6) is -0.00770. The summed E-state index contributed by atoms with van der Waals surface area (Å²) < 4.78 is 5.40. The first-order valence-corrected chi connectivity index (χ1v) is 8.84. The highest BCUT2D eigenvalue weighted by Gasteiger charge is 2.18. The molecule has 0 radical (unpaired) electrons. The SMILES string of the molecule is Cc1n[nH]c(C)c1Sc1ccccc1NC(=O)C[C@@H]1COCCN1. The molecule has 128 valence electrons. The third-order valence-corrected chi connectivity index (χ3v) is 5.25. The number of nitrogens with one attached hydrogen (secondary N) is 3. The summed E-state index contributed by atoms with van der Waals surface area (Å²) in [6.07, 6.45) is 0.406. The first-order valence-electron chi connectivity index (χ1n) is 8.03. The molecule has 1 amide bonds. The number of aryl methyl sites for hydroxylation is 2. The van der Waals surface area contributed by atoms with Crippen LogP contribution in [0.5, 0.6) is 0 Å². The number of aromatic nitrogens is 2. The lowest BCUT2D eigenvalue weighted by Crippen LogP contribution is -2.43. The smallest absolute Gasteiger partial charge is 0.226 e. The molecule has 2 heterocycles. The van der Waals surface area contributed by atoms with E-state index in [9.17, 15) is 4.79 Å². The quantitative estimate of drug-likeness (QED) is 0.775. The minimum absolute atomic E-state index is 0.00770. The summed E-state index contributed by atoms with van der Waals surface area (Å²) in [5.41, 5.74) is 2.81. The molecule has 1 fully saturated rings. The topological polar surface area (TPSA) is 79.0 Å². The molecule has 1 aromatic heterocycles. The van der Waals surface area contributed by atoms with Gasteiger partial charge in [-0.3, -0.25) is 9.89 Å². The molecule has 1 aliphatic heterocycles. The predicted molar refractivity (Wildman–Crippen MR) is 94.5 cm³/mol. The van der Waals surface area contributed by atoms with Gasteiger partial charge in [-0.25, -0.2) is 0 Å². The van der Waals surface area contributed by atoms with Crippen LogP contribution in [0.15, 0.2) is 34.1 Å². The number of para-hydroxylation sites is 1. The van der Waals surface area contributed by atoms with Crippen molar-refractivity contribution in [2.75, 3.05) is 25.1 Å². The van der Waals surface area contributed by atoms with E-state index in [-0.39, 0.29) is 11.9 Å². The van der Waals surface area contributed by atoms with Gasteiger partial charge in [0.1, 0.15) is 0 Å². The van der Waals surface area contributed by atoms with Crippen molar-refractivity contribution in [2.24, 2.45) is 0 Å². The van der Waals surface area contributed by atoms with Crippen LogP contribution in [0.1, 0.15) is 17.8 Å². The van der Waals surface area contributed by atoms with Crippen LogP contribution in [-0.4, -0.2) is 41.9 Å². The lowest BCUT2D eigenvalue weighted by molar-refractivity contribution is -0.117. The number of H-pyrrole nitrogens is 1. The molecule has 1 saturated heterocycles. The average Bonchev–Trinajstić information content (AvgIpc) is 2.89. The minimum atomic E-state index is -0.00770. The molecule has 3 rings (SSSR count). The number of aromatic amines is 1. The summed E-state index contributed by atoms with van der Waals surface area (Å²) in [6.45, 7) is 6.06. The number of ether oxygens (including phenoxy) is 1. The molecule has 1 aliphatic rings. The zero-order valence-electron chi connectivity index (χ0n) is 13.9. The van der Waals surface area contributed by atoms with Gasteiger partial charge in [0, 0.05) is 29.6 Å². The first-order chi connectivity index (χ1) is 11.6. The van der Waals surface area contributed by atoms with E-state index >= 15 is 0 Å². The van der Waals surface area contributed by atoms with Gasteiger partial charge in [-0.2, -0.15) is 5.10 Å². The number of anilines is 1. The number of hydrogen-bond acceptors (Lipinski definition) is 5. The molecule has 0 bridgehead atoms. The van der Waals surface area contributed by atoms with Crippen molar-refractivity contribution >= 4 is 23.4 Å². The normalized spacial score (nSPS) is 17.7. The van der Waals surface area contributed by atoms with E-state index in [4.69, 9.17) is 4.74 Å². The molecule has 1 aromatic carbocycles. The van der Waals surface area contributed by atoms with Crippen LogP contribution >= 0.6 is 11.8 Å². The highest BCUT2D eigenvalue weighted by molar-refractivity contribution is 7.99. The molecule has 7 heteroatoms. The lowest BCUT2D eigenvalue weighted by atomic mass is 10.2. The van der Waals surface area contributed by atoms with Gasteiger partial charge in [0.15, 0.2) is 0 Å². The number of carbonyl (C=O) groups excluding carboxylic acids is 1. The van der Waals surface area contributed by atoms with E-state index in [1.54, 1.807) is 11.8 Å². The fourth-order valence-corrected chi connectivity index (χ4v) is 3.62. The van der Waals surface area contributed by atoms with E-state index in [0.29, 0.717) is 19.6 Å². The molecule has 3 N–H and O–H groups in total. The largest absolute Gasteiger partial charge is 0.378 e. The molecule has 0 spiro atoms. The van der Waals surface area contributed by atoms with Gasteiger partial charge in [0.25, 0.3) is 0 Å². The van der Waals surface area contributed by atoms with Gasteiger partial charge in [-0.05, 0) is 26.0 Å². The van der Waals surface area contributed by atoms with Crippen LogP contribution in [0.2, 0.25) is 0 Å². The average molecular weight is 346 g/mol. The molecule has 1 atom stereocenters. The Hall–Kier alpha value is -1.83. The van der Waals surface area contributed by atoms with Gasteiger partial charge in [0.05, 0.1) is 29.5 Å². The van der Waals surface area contributed by atoms with Crippen LogP contribution in [0, 0.1) is 13.8 Å². The Labute approximate surface area is 145 Å². The number of nitrogens with zero attached hydrogens (tertiary/aromatic N) is 1. The number of amides is 1. The van der Waals surface area contributed by atoms with Gasteiger partial charge >= 0.3 is 0 Å². The summed E-state index contributed by atoms with van der Waals surface area (Å²) in [7, 11) is 0. The van der Waals surface area contributed by atoms with Crippen LogP contribution in [-0.2, 0) is 9.53 Å². The zero-order valence-corrected chi connectivity index (χ0v) is 14.7. The Morgan fingerprint density at radius 1 is 1.42 bits per heavy atom. The second-order valence-corrected chi connectivity index (χ2v) is 6.89. The third-order valence-electron chi connectivity index (χ3n) is 3.86. The van der Waals surface area contributed by atoms with Gasteiger partial charge in [0.2, 0.25) is 5.91 Å². The fourth-order valence-electron chi connectivity index (χ4n) is 2.64. The Bertz CT molecular complexity index is 691. The molecule has 6 nitrogen and oxygen atoms in total. The highest BCUT2D eigenvalue weighted by atomic mass is 32.2. The lowest BCUT2D eigenvalue weighted by Gasteiger charge is -2.23. The molecule has 0 saturated carbocycles. The van der Waals surface area contributed by atoms with Gasteiger partial charge < -0.3 is 15.4 Å². The number of hydrogen-bond donors (Lipinski definition) is 3. The number of carbonyl (C=O) groups is 1. The summed E-state index contributed by atoms with van der Waals surface area (Å²) >= 11 is 1.61. The summed E-state index contributed by atoms with van der Waals surface area (Å²) in [5, 5.41) is 13.5. The monoisotopic (exact) mass is 346 g/mol. The maximum atomic E-state index is 12.3. The van der Waals surface area contributed by atoms with E-state index in [1.165, 1.54) is 0 Å². The maximum absolute atomic E-state index is 12.3. The standard InChI is InChI=1S/C17H22N4O2S/c1-11-17(12(2)21-20-11)24-15-6-4-3-5-14(15)19-16(22)9-13-10-23-8-7-18-13/h3-6,13,18H,7-10H2,1-2H3,(H,19,22)(H,20,21)/t13-/m1/s1. The highest BCUT2D eigenvalue weighted by Crippen LogP contribution is 2.36. The minimum Gasteiger partial charge on any atom is -0.378 e. The van der Waals surface area contributed by atoms with E-state index in [2.05, 4.69) is 20.8 Å². The predicted octanol–water partition coefficient (Wildman–Crippen LogP) is 2.49. The van der Waals surface area contributed by atoms with E-state index in [1.807, 2.05) is 38.1 Å². The van der Waals surface area contributed by atoms with Gasteiger partial charge in [-0.15, -0.1) is 0 Å². The molecule has 0 unspecified atom stereocenters. The van der Waals surface area contributed by atoms with Crippen LogP contribution in [0.3, 0.4) is 0 Å². The van der Waals surface area contributed by atoms with Crippen molar-refractivity contribution in [1.29, 1.82) is 0 Å². The molecular weight excluding hydrogens is 324 g/mol. The van der Waals surface area contributed by atoms with Crippen molar-refractivity contribution in [3.8, 4) is 0 Å². The Morgan fingerprint density at radius 2 is 2.25 bits per heavy atom. The second kappa shape index (κ2) is 7.83. The van der Waals surface area contributed by atoms with E-state index < -0.39 is 0 Å². The van der Waals surface area contributed by atoms with Crippen molar-refractivity contribution in [2.45, 2.75) is 36.1 Å². The Kier molecular flexibility index (Phi) is 5.55. The molecule has 2 aromatic rings. The number of benzene rings is 1. The first kappa shape index (κ1) is 17.0. The fraction of sp³-hybridized carbons (Fsp3) is 0.412. The van der Waals surface area contributed by atoms with Crippen molar-refractivity contribution in [3.05, 3.63) is 35.7 Å². The zero-order chi connectivity index (χ0) is 16.9. The molecule has 24 heavy (non-hydrogen) atoms. The Balaban J connectivity index is 1.68. The van der Waals surface area contributed by atoms with Crippen molar-refractivity contribution in [1.82, 2.24) is 15.5 Å². The van der Waals surface area contributed by atoms with Crippen LogP contribution in [0.25, 0.3) is 0 Å². The van der Waals surface area contributed by atoms with Crippen molar-refractivity contribution in [3.63, 3.8) is 0 Å². The van der Waals surface area contributed by atoms with Crippen LogP contribution < -0.4 is 10.6 Å².